The Kier molecular flexibility index (Phi) is 5.19. The van der Waals surface area contributed by atoms with Crippen LogP contribution in [0.15, 0.2) is 17.2 Å². The third kappa shape index (κ3) is 3.60. The Morgan fingerprint density at radius 2 is 1.58 bits per heavy atom. The van der Waals surface area contributed by atoms with E-state index in [0.29, 0.717) is 4.90 Å². The van der Waals surface area contributed by atoms with E-state index in [4.69, 9.17) is 34.0 Å². The van der Waals surface area contributed by atoms with Gasteiger partial charge in [-0.1, -0.05) is 23.2 Å². The number of amidine groups is 2. The van der Waals surface area contributed by atoms with Crippen molar-refractivity contribution in [2.75, 3.05) is 7.05 Å². The topological polar surface area (TPSA) is 111 Å². The molecule has 0 bridgehead atoms. The minimum atomic E-state index is -5.16. The number of halogens is 5. The number of rotatable bonds is 1. The van der Waals surface area contributed by atoms with Crippen LogP contribution in [-0.2, 0) is 16.0 Å². The van der Waals surface area contributed by atoms with Crippen molar-refractivity contribution in [3.8, 4) is 0 Å². The van der Waals surface area contributed by atoms with Crippen molar-refractivity contribution in [2.45, 2.75) is 18.1 Å². The predicted octanol–water partition coefficient (Wildman–Crippen LogP) is 3.59. The van der Waals surface area contributed by atoms with Crippen molar-refractivity contribution in [1.29, 1.82) is 10.8 Å². The van der Waals surface area contributed by atoms with Crippen molar-refractivity contribution in [3.63, 3.8) is 0 Å². The fourth-order valence-electron chi connectivity index (χ4n) is 1.83. The summed E-state index contributed by atoms with van der Waals surface area (Å²) in [6.45, 7) is 1.17. The van der Waals surface area contributed by atoms with E-state index >= 15 is 0 Å². The summed E-state index contributed by atoms with van der Waals surface area (Å²) in [5, 5.41) is 12.2. The fraction of sp³-hybridized carbons (Fsp3) is 0.231. The number of fused-ring (bicyclic) bond motifs is 1. The monoisotopic (exact) mass is 427 g/mol. The first-order valence-corrected chi connectivity index (χ1v) is 8.87. The Bertz CT molecular complexity index is 1040. The van der Waals surface area contributed by atoms with Crippen LogP contribution >= 0.6 is 23.2 Å². The number of hydrogen-bond acceptors (Lipinski definition) is 6. The molecule has 1 aromatic carbocycles. The highest BCUT2D eigenvalue weighted by molar-refractivity contribution is 8.06. The molecule has 0 aliphatic carbocycles. The molecule has 7 nitrogen and oxygen atoms in total. The van der Waals surface area contributed by atoms with Crippen molar-refractivity contribution >= 4 is 55.1 Å². The summed E-state index contributed by atoms with van der Waals surface area (Å²) in [6, 6.07) is 2.09. The number of aromatic nitrogens is 2. The third-order valence-corrected chi connectivity index (χ3v) is 5.56. The molecule has 140 valence electrons. The van der Waals surface area contributed by atoms with Gasteiger partial charge in [-0.25, -0.2) is 18.4 Å². The molecule has 2 aromatic rings. The average molecular weight is 428 g/mol. The largest absolute Gasteiger partial charge is 0.436 e. The van der Waals surface area contributed by atoms with E-state index in [1.807, 2.05) is 0 Å². The lowest BCUT2D eigenvalue weighted by molar-refractivity contribution is -0.143. The minimum absolute atomic E-state index is 0.0564. The molecule has 0 saturated carbocycles. The first-order valence-electron chi connectivity index (χ1n) is 6.63. The Labute approximate surface area is 155 Å². The van der Waals surface area contributed by atoms with E-state index in [1.54, 1.807) is 0 Å². The molecular formula is C13H10Cl2F3N5O2S. The molecule has 0 unspecified atom stereocenters. The Balaban J connectivity index is 2.85. The molecule has 0 aliphatic rings. The summed E-state index contributed by atoms with van der Waals surface area (Å²) < 4.78 is 65.1. The molecule has 0 spiro atoms. The van der Waals surface area contributed by atoms with E-state index in [0.717, 1.165) is 19.2 Å². The van der Waals surface area contributed by atoms with Gasteiger partial charge in [0.2, 0.25) is 5.17 Å². The maximum atomic E-state index is 13.4. The van der Waals surface area contributed by atoms with Crippen LogP contribution in [0.3, 0.4) is 0 Å². The summed E-state index contributed by atoms with van der Waals surface area (Å²) >= 11 is 11.5. The molecule has 13 heteroatoms. The Hall–Kier alpha value is -1.98. The first kappa shape index (κ1) is 20.3. The van der Waals surface area contributed by atoms with Gasteiger partial charge in [0.25, 0.3) is 9.84 Å². The van der Waals surface area contributed by atoms with Gasteiger partial charge in [0.1, 0.15) is 0 Å². The van der Waals surface area contributed by atoms with E-state index < -0.39 is 31.9 Å². The summed E-state index contributed by atoms with van der Waals surface area (Å²) in [6.07, 6.45) is -5.16. The smallest absolute Gasteiger partial charge is 0.309 e. The van der Waals surface area contributed by atoms with Crippen LogP contribution < -0.4 is 0 Å². The lowest BCUT2D eigenvalue weighted by Crippen LogP contribution is -2.37. The molecule has 2 rings (SSSR count). The van der Waals surface area contributed by atoms with Crippen LogP contribution in [-0.4, -0.2) is 41.3 Å². The van der Waals surface area contributed by atoms with Crippen LogP contribution in [0, 0.1) is 10.8 Å². The maximum Gasteiger partial charge on any atom is 0.436 e. The molecule has 1 aromatic heterocycles. The number of benzene rings is 1. The summed E-state index contributed by atoms with van der Waals surface area (Å²) in [5.41, 5.74) is -2.34. The highest BCUT2D eigenvalue weighted by atomic mass is 35.5. The van der Waals surface area contributed by atoms with E-state index in [9.17, 15) is 21.6 Å². The second kappa shape index (κ2) is 6.63. The molecule has 0 fully saturated rings. The molecule has 26 heavy (non-hydrogen) atoms. The van der Waals surface area contributed by atoms with Crippen molar-refractivity contribution < 1.29 is 21.6 Å². The molecule has 0 radical (unpaired) electrons. The summed E-state index contributed by atoms with van der Waals surface area (Å²) in [5.74, 6) is -0.365. The molecular weight excluding hydrogens is 418 g/mol. The van der Waals surface area contributed by atoms with Crippen LogP contribution in [0.2, 0.25) is 10.0 Å². The first-order chi connectivity index (χ1) is 11.8. The predicted molar refractivity (Wildman–Crippen MR) is 90.6 cm³/mol. The molecule has 2 N–H and O–H groups in total. The molecule has 1 heterocycles. The van der Waals surface area contributed by atoms with Crippen LogP contribution in [0.4, 0.5) is 13.2 Å². The second-order valence-electron chi connectivity index (χ2n) is 5.08. The van der Waals surface area contributed by atoms with E-state index in [-0.39, 0.29) is 26.9 Å². The number of hydrogen-bond donors (Lipinski definition) is 2. The number of alkyl halides is 3. The van der Waals surface area contributed by atoms with Crippen molar-refractivity contribution in [3.05, 3.63) is 27.9 Å². The van der Waals surface area contributed by atoms with Gasteiger partial charge in [0.15, 0.2) is 10.7 Å². The molecule has 0 saturated heterocycles. The summed E-state index contributed by atoms with van der Waals surface area (Å²) in [7, 11) is -3.96. The number of nitrogens with one attached hydrogen (secondary N) is 2. The highest BCUT2D eigenvalue weighted by Gasteiger charge is 2.43. The quantitative estimate of drug-likeness (QED) is 0.533. The zero-order valence-electron chi connectivity index (χ0n) is 13.1. The van der Waals surface area contributed by atoms with Gasteiger partial charge in [-0.05, 0) is 19.1 Å². The normalized spacial score (nSPS) is 12.3. The van der Waals surface area contributed by atoms with E-state index in [2.05, 4.69) is 9.97 Å². The minimum Gasteiger partial charge on any atom is -0.309 e. The van der Waals surface area contributed by atoms with Gasteiger partial charge in [-0.3, -0.25) is 10.8 Å². The van der Waals surface area contributed by atoms with Crippen LogP contribution in [0.5, 0.6) is 0 Å². The Morgan fingerprint density at radius 3 is 2.00 bits per heavy atom. The van der Waals surface area contributed by atoms with Gasteiger partial charge < -0.3 is 4.90 Å². The zero-order chi connectivity index (χ0) is 20.0. The van der Waals surface area contributed by atoms with Gasteiger partial charge in [-0.15, -0.1) is 0 Å². The lowest BCUT2D eigenvalue weighted by Gasteiger charge is -2.19. The van der Waals surface area contributed by atoms with Crippen LogP contribution in [0.25, 0.3) is 11.0 Å². The van der Waals surface area contributed by atoms with Gasteiger partial charge in [0, 0.05) is 7.05 Å². The number of nitrogens with zero attached hydrogens (tertiary/aromatic N) is 3. The molecule has 0 amide bonds. The average Bonchev–Trinajstić information content (AvgIpc) is 2.52. The fourth-order valence-corrected chi connectivity index (χ4v) is 3.46. The standard InChI is InChI=1S/C13H10Cl2F3N5O2S/c1-5(19)23(2)12(20)26(24,25)11-10(13(16,17)18)21-8-3-6(14)7(15)4-9(8)22-11/h3-4,19-20H,1-2H3. The summed E-state index contributed by atoms with van der Waals surface area (Å²) in [4.78, 5) is 7.44. The van der Waals surface area contributed by atoms with E-state index in [1.165, 1.54) is 6.92 Å². The van der Waals surface area contributed by atoms with Gasteiger partial charge >= 0.3 is 6.18 Å². The lowest BCUT2D eigenvalue weighted by atomic mass is 10.3. The van der Waals surface area contributed by atoms with Gasteiger partial charge in [-0.2, -0.15) is 13.2 Å². The highest BCUT2D eigenvalue weighted by Crippen LogP contribution is 2.35. The van der Waals surface area contributed by atoms with Crippen molar-refractivity contribution in [1.82, 2.24) is 14.9 Å². The second-order valence-corrected chi connectivity index (χ2v) is 7.68. The molecule has 0 atom stereocenters. The zero-order valence-corrected chi connectivity index (χ0v) is 15.4. The van der Waals surface area contributed by atoms with Gasteiger partial charge in [0.05, 0.1) is 26.9 Å². The maximum absolute atomic E-state index is 13.4. The number of sulfone groups is 1. The SMILES string of the molecule is CC(=N)N(C)C(=N)S(=O)(=O)c1nc2cc(Cl)c(Cl)cc2nc1C(F)(F)F. The van der Waals surface area contributed by atoms with Crippen LogP contribution in [0.1, 0.15) is 12.6 Å². The molecule has 0 aliphatic heterocycles. The van der Waals surface area contributed by atoms with Crippen molar-refractivity contribution in [2.24, 2.45) is 0 Å². The Morgan fingerprint density at radius 1 is 1.12 bits per heavy atom. The third-order valence-electron chi connectivity index (χ3n) is 3.26.